The highest BCUT2D eigenvalue weighted by atomic mass is 79.9. The van der Waals surface area contributed by atoms with Crippen molar-refractivity contribution in [3.63, 3.8) is 0 Å². The topological polar surface area (TPSA) is 64.1 Å². The average Bonchev–Trinajstić information content (AvgIpc) is 2.18. The van der Waals surface area contributed by atoms with Gasteiger partial charge in [0.25, 0.3) is 0 Å². The molecule has 0 radical (unpaired) electrons. The third kappa shape index (κ3) is 5.63. The third-order valence-electron chi connectivity index (χ3n) is 1.68. The number of carbonyl (C=O) groups is 1. The summed E-state index contributed by atoms with van der Waals surface area (Å²) in [4.78, 5) is 19.7. The number of aryl methyl sites for hydroxylation is 1. The van der Waals surface area contributed by atoms with Crippen LogP contribution in [-0.4, -0.2) is 27.0 Å². The molecule has 0 bridgehead atoms. The van der Waals surface area contributed by atoms with Crippen LogP contribution in [0.15, 0.2) is 12.4 Å². The van der Waals surface area contributed by atoms with Crippen LogP contribution < -0.4 is 5.32 Å². The van der Waals surface area contributed by atoms with E-state index in [9.17, 15) is 4.79 Å². The van der Waals surface area contributed by atoms with Crippen LogP contribution in [0.25, 0.3) is 0 Å². The molecule has 1 aromatic heterocycles. The van der Waals surface area contributed by atoms with Gasteiger partial charge in [-0.3, -0.25) is 10.3 Å². The summed E-state index contributed by atoms with van der Waals surface area (Å²) in [6.07, 6.45) is 3.43. The summed E-state index contributed by atoms with van der Waals surface area (Å²) < 4.78 is 5.09. The Labute approximate surface area is 109 Å². The number of hydrogen-bond acceptors (Lipinski definition) is 4. The lowest BCUT2D eigenvalue weighted by molar-refractivity contribution is 0.0635. The Morgan fingerprint density at radius 2 is 2.12 bits per heavy atom. The Kier molecular flexibility index (Phi) is 4.86. The van der Waals surface area contributed by atoms with Crippen LogP contribution >= 0.6 is 15.9 Å². The Morgan fingerprint density at radius 1 is 1.41 bits per heavy atom. The van der Waals surface area contributed by atoms with Gasteiger partial charge in [-0.25, -0.2) is 9.78 Å². The minimum Gasteiger partial charge on any atom is -0.444 e. The molecule has 1 amide bonds. The number of alkyl halides is 1. The molecule has 6 heteroatoms. The molecule has 0 fully saturated rings. The molecule has 5 nitrogen and oxygen atoms in total. The van der Waals surface area contributed by atoms with Crippen molar-refractivity contribution in [1.29, 1.82) is 0 Å². The first-order chi connectivity index (χ1) is 7.90. The van der Waals surface area contributed by atoms with Gasteiger partial charge in [0.1, 0.15) is 5.60 Å². The normalized spacial score (nSPS) is 11.1. The third-order valence-corrected chi connectivity index (χ3v) is 2.08. The molecule has 0 aromatic carbocycles. The first-order valence-electron chi connectivity index (χ1n) is 5.27. The Morgan fingerprint density at radius 3 is 2.59 bits per heavy atom. The summed E-state index contributed by atoms with van der Waals surface area (Å²) in [6, 6.07) is 0. The zero-order valence-corrected chi connectivity index (χ0v) is 11.7. The van der Waals surface area contributed by atoms with Gasteiger partial charge in [-0.05, 0) is 20.8 Å². The number of aromatic nitrogens is 2. The van der Waals surface area contributed by atoms with Crippen LogP contribution in [0.2, 0.25) is 0 Å². The van der Waals surface area contributed by atoms with E-state index in [2.05, 4.69) is 31.2 Å². The largest absolute Gasteiger partial charge is 0.444 e. The highest BCUT2D eigenvalue weighted by Crippen LogP contribution is 2.09. The number of halogens is 1. The average molecular weight is 302 g/mol. The maximum atomic E-state index is 11.4. The van der Waals surface area contributed by atoms with Gasteiger partial charge in [0.15, 0.2) is 5.82 Å². The number of ether oxygens (including phenoxy) is 1. The van der Waals surface area contributed by atoms with Crippen molar-refractivity contribution in [1.82, 2.24) is 9.97 Å². The van der Waals surface area contributed by atoms with Crippen LogP contribution in [-0.2, 0) is 11.2 Å². The van der Waals surface area contributed by atoms with Crippen LogP contribution in [0.5, 0.6) is 0 Å². The quantitative estimate of drug-likeness (QED) is 0.872. The maximum Gasteiger partial charge on any atom is 0.413 e. The fourth-order valence-electron chi connectivity index (χ4n) is 1.05. The molecule has 0 unspecified atom stereocenters. The number of amides is 1. The molecule has 0 aliphatic carbocycles. The number of nitrogens with one attached hydrogen (secondary N) is 1. The molecule has 1 aromatic rings. The molecule has 1 rings (SSSR count). The summed E-state index contributed by atoms with van der Waals surface area (Å²) in [5.41, 5.74) is 0.351. The number of hydrogen-bond donors (Lipinski definition) is 1. The first-order valence-corrected chi connectivity index (χ1v) is 6.40. The van der Waals surface area contributed by atoms with Gasteiger partial charge in [-0.15, -0.1) is 0 Å². The lowest BCUT2D eigenvalue weighted by atomic mass is 10.2. The fraction of sp³-hybridized carbons (Fsp3) is 0.545. The van der Waals surface area contributed by atoms with E-state index in [0.29, 0.717) is 5.82 Å². The lowest BCUT2D eigenvalue weighted by Crippen LogP contribution is -2.27. The van der Waals surface area contributed by atoms with Gasteiger partial charge in [0.05, 0.1) is 18.1 Å². The number of carbonyl (C=O) groups excluding carboxylic acids is 1. The van der Waals surface area contributed by atoms with Crippen molar-refractivity contribution >= 4 is 27.8 Å². The first kappa shape index (κ1) is 13.9. The Bertz CT molecular complexity index is 373. The highest BCUT2D eigenvalue weighted by Gasteiger charge is 2.16. The second-order valence-corrected chi connectivity index (χ2v) is 5.25. The van der Waals surface area contributed by atoms with Crippen molar-refractivity contribution in [2.75, 3.05) is 10.6 Å². The van der Waals surface area contributed by atoms with Crippen molar-refractivity contribution in [3.8, 4) is 0 Å². The van der Waals surface area contributed by atoms with Gasteiger partial charge < -0.3 is 4.74 Å². The molecule has 0 aliphatic heterocycles. The van der Waals surface area contributed by atoms with Crippen LogP contribution in [0.4, 0.5) is 10.6 Å². The monoisotopic (exact) mass is 301 g/mol. The van der Waals surface area contributed by atoms with E-state index in [0.717, 1.165) is 17.4 Å². The Balaban J connectivity index is 2.54. The summed E-state index contributed by atoms with van der Waals surface area (Å²) in [7, 11) is 0. The Hall–Kier alpha value is -1.17. The standard InChI is InChI=1S/C11H16BrN3O2/c1-11(2,3)17-10(16)15-9-7-13-8(4-5-12)6-14-9/h6-7H,4-5H2,1-3H3,(H,14,15,16). The van der Waals surface area contributed by atoms with E-state index in [-0.39, 0.29) is 0 Å². The molecule has 1 N–H and O–H groups in total. The maximum absolute atomic E-state index is 11.4. The minimum atomic E-state index is -0.528. The molecule has 0 atom stereocenters. The second-order valence-electron chi connectivity index (χ2n) is 4.46. The smallest absolute Gasteiger partial charge is 0.413 e. The SMILES string of the molecule is CC(C)(C)OC(=O)Nc1cnc(CCBr)cn1. The van der Waals surface area contributed by atoms with E-state index >= 15 is 0 Å². The van der Waals surface area contributed by atoms with Gasteiger partial charge >= 0.3 is 6.09 Å². The molecule has 0 saturated heterocycles. The molecule has 94 valence electrons. The molecule has 0 spiro atoms. The van der Waals surface area contributed by atoms with E-state index in [1.54, 1.807) is 27.0 Å². The summed E-state index contributed by atoms with van der Waals surface area (Å²) in [6.45, 7) is 5.41. The van der Waals surface area contributed by atoms with Crippen LogP contribution in [0, 0.1) is 0 Å². The van der Waals surface area contributed by atoms with Crippen molar-refractivity contribution in [2.45, 2.75) is 32.8 Å². The zero-order valence-electron chi connectivity index (χ0n) is 10.2. The predicted octanol–water partition coefficient (Wildman–Crippen LogP) is 2.76. The number of nitrogens with zero attached hydrogens (tertiary/aromatic N) is 2. The lowest BCUT2D eigenvalue weighted by Gasteiger charge is -2.19. The molecule has 17 heavy (non-hydrogen) atoms. The minimum absolute atomic E-state index is 0.387. The second kappa shape index (κ2) is 5.95. The van der Waals surface area contributed by atoms with E-state index in [4.69, 9.17) is 4.74 Å². The summed E-state index contributed by atoms with van der Waals surface area (Å²) in [5, 5.41) is 3.36. The summed E-state index contributed by atoms with van der Waals surface area (Å²) in [5.74, 6) is 0.387. The molecular weight excluding hydrogens is 286 g/mol. The molecule has 0 aliphatic rings. The molecule has 1 heterocycles. The highest BCUT2D eigenvalue weighted by molar-refractivity contribution is 9.09. The van der Waals surface area contributed by atoms with E-state index < -0.39 is 11.7 Å². The van der Waals surface area contributed by atoms with Gasteiger partial charge in [0.2, 0.25) is 0 Å². The van der Waals surface area contributed by atoms with Crippen molar-refractivity contribution in [3.05, 3.63) is 18.1 Å². The van der Waals surface area contributed by atoms with Crippen molar-refractivity contribution < 1.29 is 9.53 Å². The van der Waals surface area contributed by atoms with Gasteiger partial charge in [-0.1, -0.05) is 15.9 Å². The van der Waals surface area contributed by atoms with E-state index in [1.165, 1.54) is 6.20 Å². The summed E-state index contributed by atoms with van der Waals surface area (Å²) >= 11 is 3.32. The van der Waals surface area contributed by atoms with Crippen molar-refractivity contribution in [2.24, 2.45) is 0 Å². The molecular formula is C11H16BrN3O2. The van der Waals surface area contributed by atoms with Gasteiger partial charge in [-0.2, -0.15) is 0 Å². The zero-order chi connectivity index (χ0) is 12.9. The van der Waals surface area contributed by atoms with Crippen LogP contribution in [0.1, 0.15) is 26.5 Å². The molecule has 0 saturated carbocycles. The predicted molar refractivity (Wildman–Crippen MR) is 69.4 cm³/mol. The van der Waals surface area contributed by atoms with Gasteiger partial charge in [0, 0.05) is 11.8 Å². The van der Waals surface area contributed by atoms with Crippen LogP contribution in [0.3, 0.4) is 0 Å². The number of anilines is 1. The van der Waals surface area contributed by atoms with E-state index in [1.807, 2.05) is 0 Å². The fourth-order valence-corrected chi connectivity index (χ4v) is 1.46. The number of rotatable bonds is 3.